The molecule has 1 fully saturated rings. The number of amides is 1. The molecule has 9 nitrogen and oxygen atoms in total. The third-order valence-electron chi connectivity index (χ3n) is 5.70. The van der Waals surface area contributed by atoms with Gasteiger partial charge in [0.2, 0.25) is 10.0 Å². The number of hydrogen-bond donors (Lipinski definition) is 0. The molecule has 188 valence electrons. The summed E-state index contributed by atoms with van der Waals surface area (Å²) in [5.74, 6) is 0.0576. The second-order valence-electron chi connectivity index (χ2n) is 8.11. The standard InChI is InChI=1S/C25H30N2O7S/c1-18-5-9-23(19(2)15-18)35(30,31)27-13-11-26(12-14-27)24(28)17-34-25(29)10-7-20-6-8-21(32-3)22(16-20)33-4/h5-10,15-16H,11-14,17H2,1-4H3. The lowest BCUT2D eigenvalue weighted by molar-refractivity contribution is -0.148. The van der Waals surface area contributed by atoms with E-state index in [1.807, 2.05) is 13.0 Å². The van der Waals surface area contributed by atoms with Gasteiger partial charge in [-0.25, -0.2) is 13.2 Å². The predicted molar refractivity (Wildman–Crippen MR) is 131 cm³/mol. The van der Waals surface area contributed by atoms with Crippen molar-refractivity contribution < 1.29 is 32.2 Å². The number of carbonyl (C=O) groups excluding carboxylic acids is 2. The zero-order chi connectivity index (χ0) is 25.6. The molecule has 1 aliphatic rings. The lowest BCUT2D eigenvalue weighted by Gasteiger charge is -2.34. The summed E-state index contributed by atoms with van der Waals surface area (Å²) in [5.41, 5.74) is 2.38. The van der Waals surface area contributed by atoms with E-state index in [0.29, 0.717) is 22.6 Å². The first kappa shape index (κ1) is 26.2. The normalized spacial score (nSPS) is 14.7. The third kappa shape index (κ3) is 6.40. The van der Waals surface area contributed by atoms with Gasteiger partial charge in [-0.15, -0.1) is 0 Å². The van der Waals surface area contributed by atoms with Crippen molar-refractivity contribution in [3.8, 4) is 11.5 Å². The summed E-state index contributed by atoms with van der Waals surface area (Å²) in [5, 5.41) is 0. The van der Waals surface area contributed by atoms with E-state index in [9.17, 15) is 18.0 Å². The van der Waals surface area contributed by atoms with Crippen LogP contribution < -0.4 is 9.47 Å². The van der Waals surface area contributed by atoms with Gasteiger partial charge in [-0.3, -0.25) is 4.79 Å². The van der Waals surface area contributed by atoms with Gasteiger partial charge < -0.3 is 19.1 Å². The van der Waals surface area contributed by atoms with Crippen LogP contribution >= 0.6 is 0 Å². The van der Waals surface area contributed by atoms with Gasteiger partial charge in [0.05, 0.1) is 19.1 Å². The fraction of sp³-hybridized carbons (Fsp3) is 0.360. The molecule has 1 heterocycles. The van der Waals surface area contributed by atoms with Gasteiger partial charge in [-0.1, -0.05) is 23.8 Å². The Morgan fingerprint density at radius 2 is 1.63 bits per heavy atom. The van der Waals surface area contributed by atoms with Gasteiger partial charge in [0.25, 0.3) is 5.91 Å². The van der Waals surface area contributed by atoms with Crippen LogP contribution in [0.25, 0.3) is 6.08 Å². The van der Waals surface area contributed by atoms with Crippen LogP contribution in [-0.2, 0) is 24.3 Å². The number of sulfonamides is 1. The van der Waals surface area contributed by atoms with E-state index in [1.54, 1.807) is 43.3 Å². The summed E-state index contributed by atoms with van der Waals surface area (Å²) in [6, 6.07) is 10.4. The molecule has 2 aromatic carbocycles. The van der Waals surface area contributed by atoms with Gasteiger partial charge in [0.1, 0.15) is 0 Å². The molecular weight excluding hydrogens is 472 g/mol. The molecule has 0 atom stereocenters. The van der Waals surface area contributed by atoms with E-state index in [1.165, 1.54) is 29.5 Å². The Labute approximate surface area is 205 Å². The Morgan fingerprint density at radius 1 is 0.943 bits per heavy atom. The van der Waals surface area contributed by atoms with Crippen LogP contribution in [0.2, 0.25) is 0 Å². The molecule has 0 saturated carbocycles. The highest BCUT2D eigenvalue weighted by Crippen LogP contribution is 2.28. The van der Waals surface area contributed by atoms with E-state index in [2.05, 4.69) is 0 Å². The largest absolute Gasteiger partial charge is 0.493 e. The number of aryl methyl sites for hydroxylation is 2. The van der Waals surface area contributed by atoms with Gasteiger partial charge in [0.15, 0.2) is 18.1 Å². The first-order chi connectivity index (χ1) is 16.6. The maximum absolute atomic E-state index is 13.0. The Hall–Kier alpha value is -3.37. The van der Waals surface area contributed by atoms with Crippen LogP contribution in [0.1, 0.15) is 16.7 Å². The molecule has 0 bridgehead atoms. The minimum Gasteiger partial charge on any atom is -0.493 e. The molecule has 0 radical (unpaired) electrons. The van der Waals surface area contributed by atoms with Crippen molar-refractivity contribution in [3.63, 3.8) is 0 Å². The average molecular weight is 503 g/mol. The number of nitrogens with zero attached hydrogens (tertiary/aromatic N) is 2. The minimum atomic E-state index is -3.64. The van der Waals surface area contributed by atoms with Crippen molar-refractivity contribution in [3.05, 3.63) is 59.2 Å². The molecule has 10 heteroatoms. The Morgan fingerprint density at radius 3 is 2.26 bits per heavy atom. The van der Waals surface area contributed by atoms with E-state index < -0.39 is 22.6 Å². The number of piperazine rings is 1. The highest BCUT2D eigenvalue weighted by molar-refractivity contribution is 7.89. The van der Waals surface area contributed by atoms with Crippen LogP contribution in [0.3, 0.4) is 0 Å². The number of hydrogen-bond acceptors (Lipinski definition) is 7. The molecule has 2 aromatic rings. The van der Waals surface area contributed by atoms with Crippen molar-refractivity contribution in [2.45, 2.75) is 18.7 Å². The van der Waals surface area contributed by atoms with Gasteiger partial charge in [0, 0.05) is 32.3 Å². The summed E-state index contributed by atoms with van der Waals surface area (Å²) < 4.78 is 42.9. The van der Waals surface area contributed by atoms with Gasteiger partial charge in [-0.2, -0.15) is 4.31 Å². The van der Waals surface area contributed by atoms with Crippen LogP contribution in [0.5, 0.6) is 11.5 Å². The Kier molecular flexibility index (Phi) is 8.52. The Balaban J connectivity index is 1.50. The van der Waals surface area contributed by atoms with Crippen molar-refractivity contribution in [2.24, 2.45) is 0 Å². The highest BCUT2D eigenvalue weighted by atomic mass is 32.2. The zero-order valence-electron chi connectivity index (χ0n) is 20.3. The molecule has 35 heavy (non-hydrogen) atoms. The quantitative estimate of drug-likeness (QED) is 0.403. The summed E-state index contributed by atoms with van der Waals surface area (Å²) in [6.07, 6.45) is 2.77. The molecule has 0 aromatic heterocycles. The lowest BCUT2D eigenvalue weighted by Crippen LogP contribution is -2.51. The maximum Gasteiger partial charge on any atom is 0.331 e. The predicted octanol–water partition coefficient (Wildman–Crippen LogP) is 2.41. The zero-order valence-corrected chi connectivity index (χ0v) is 21.1. The second kappa shape index (κ2) is 11.4. The molecule has 1 aliphatic heterocycles. The van der Waals surface area contributed by atoms with E-state index >= 15 is 0 Å². The molecule has 0 aliphatic carbocycles. The highest BCUT2D eigenvalue weighted by Gasteiger charge is 2.31. The summed E-state index contributed by atoms with van der Waals surface area (Å²) >= 11 is 0. The fourth-order valence-electron chi connectivity index (χ4n) is 3.80. The Bertz CT molecular complexity index is 1220. The van der Waals surface area contributed by atoms with Crippen LogP contribution in [0.15, 0.2) is 47.4 Å². The molecule has 0 N–H and O–H groups in total. The number of rotatable bonds is 8. The first-order valence-electron chi connectivity index (χ1n) is 11.1. The fourth-order valence-corrected chi connectivity index (χ4v) is 5.43. The summed E-state index contributed by atoms with van der Waals surface area (Å²) in [4.78, 5) is 26.3. The van der Waals surface area contributed by atoms with E-state index in [4.69, 9.17) is 14.2 Å². The third-order valence-corrected chi connectivity index (χ3v) is 7.76. The van der Waals surface area contributed by atoms with Crippen molar-refractivity contribution in [1.29, 1.82) is 0 Å². The molecule has 3 rings (SSSR count). The summed E-state index contributed by atoms with van der Waals surface area (Å²) in [7, 11) is -0.592. The smallest absolute Gasteiger partial charge is 0.331 e. The minimum absolute atomic E-state index is 0.175. The number of carbonyl (C=O) groups is 2. The average Bonchev–Trinajstić information content (AvgIpc) is 2.85. The number of esters is 1. The molecule has 1 saturated heterocycles. The number of ether oxygens (including phenoxy) is 3. The van der Waals surface area contributed by atoms with Crippen LogP contribution in [-0.4, -0.2) is 76.5 Å². The summed E-state index contributed by atoms with van der Waals surface area (Å²) in [6.45, 7) is 4.06. The molecule has 1 amide bonds. The maximum atomic E-state index is 13.0. The molecule has 0 spiro atoms. The lowest BCUT2D eigenvalue weighted by atomic mass is 10.2. The monoisotopic (exact) mass is 502 g/mol. The van der Waals surface area contributed by atoms with Crippen molar-refractivity contribution in [1.82, 2.24) is 9.21 Å². The molecular formula is C25H30N2O7S. The van der Waals surface area contributed by atoms with Crippen molar-refractivity contribution in [2.75, 3.05) is 47.0 Å². The van der Waals surface area contributed by atoms with Crippen LogP contribution in [0.4, 0.5) is 0 Å². The van der Waals surface area contributed by atoms with Crippen molar-refractivity contribution >= 4 is 28.0 Å². The first-order valence-corrected chi connectivity index (χ1v) is 12.5. The molecule has 0 unspecified atom stereocenters. The van der Waals surface area contributed by atoms with E-state index in [-0.39, 0.29) is 37.0 Å². The van der Waals surface area contributed by atoms with Gasteiger partial charge in [-0.05, 0) is 49.2 Å². The van der Waals surface area contributed by atoms with Gasteiger partial charge >= 0.3 is 5.97 Å². The SMILES string of the molecule is COc1ccc(C=CC(=O)OCC(=O)N2CCN(S(=O)(=O)c3ccc(C)cc3C)CC2)cc1OC. The number of benzene rings is 2. The topological polar surface area (TPSA) is 102 Å². The van der Waals surface area contributed by atoms with Crippen LogP contribution in [0, 0.1) is 13.8 Å². The second-order valence-corrected chi connectivity index (χ2v) is 10.0. The number of methoxy groups -OCH3 is 2. The van der Waals surface area contributed by atoms with E-state index in [0.717, 1.165) is 5.56 Å².